The molecule has 0 heterocycles. The molecule has 1 aromatic carbocycles. The fourth-order valence-electron chi connectivity index (χ4n) is 2.33. The number of hydrogen-bond donors (Lipinski definition) is 4. The summed E-state index contributed by atoms with van der Waals surface area (Å²) >= 11 is 0. The average molecular weight is 377 g/mol. The normalized spacial score (nSPS) is 11.6. The molecule has 0 saturated heterocycles. The van der Waals surface area contributed by atoms with Crippen LogP contribution in [0.15, 0.2) is 18.2 Å². The van der Waals surface area contributed by atoms with E-state index >= 15 is 0 Å². The molecule has 0 saturated carbocycles. The van der Waals surface area contributed by atoms with Crippen molar-refractivity contribution in [3.05, 3.63) is 34.9 Å². The zero-order chi connectivity index (χ0) is 20.8. The number of hydrogen-bond acceptors (Lipinski definition) is 3. The molecule has 0 radical (unpaired) electrons. The fraction of sp³-hybridized carbons (Fsp3) is 0.550. The summed E-state index contributed by atoms with van der Waals surface area (Å²) in [5.41, 5.74) is 8.33. The Labute approximate surface area is 161 Å². The number of nitrogens with one attached hydrogen (secondary N) is 3. The van der Waals surface area contributed by atoms with Crippen molar-refractivity contribution in [1.82, 2.24) is 16.0 Å². The number of rotatable bonds is 6. The van der Waals surface area contributed by atoms with Gasteiger partial charge in [-0.25, -0.2) is 4.79 Å². The van der Waals surface area contributed by atoms with Gasteiger partial charge in [0.05, 0.1) is 13.1 Å². The highest BCUT2D eigenvalue weighted by atomic mass is 16.2. The van der Waals surface area contributed by atoms with Crippen LogP contribution in [0.5, 0.6) is 0 Å². The van der Waals surface area contributed by atoms with E-state index in [9.17, 15) is 14.4 Å². The second kappa shape index (κ2) is 8.88. The number of primary amides is 1. The van der Waals surface area contributed by atoms with Crippen molar-refractivity contribution < 1.29 is 14.4 Å². The molecule has 0 aliphatic carbocycles. The average Bonchev–Trinajstić information content (AvgIpc) is 2.54. The van der Waals surface area contributed by atoms with E-state index in [2.05, 4.69) is 75.7 Å². The van der Waals surface area contributed by atoms with Crippen LogP contribution in [0.1, 0.15) is 58.2 Å². The molecule has 0 unspecified atom stereocenters. The van der Waals surface area contributed by atoms with Gasteiger partial charge >= 0.3 is 6.03 Å². The Morgan fingerprint density at radius 2 is 1.22 bits per heavy atom. The first-order valence-corrected chi connectivity index (χ1v) is 9.00. The Bertz CT molecular complexity index is 668. The summed E-state index contributed by atoms with van der Waals surface area (Å²) in [5, 5.41) is 7.40. The van der Waals surface area contributed by atoms with Crippen LogP contribution >= 0.6 is 0 Å². The molecule has 5 N–H and O–H groups in total. The van der Waals surface area contributed by atoms with Gasteiger partial charge in [-0.15, -0.1) is 0 Å². The molecule has 0 atom stereocenters. The Balaban J connectivity index is 2.71. The summed E-state index contributed by atoms with van der Waals surface area (Å²) in [6.07, 6.45) is 0. The molecule has 0 aromatic heterocycles. The van der Waals surface area contributed by atoms with Crippen molar-refractivity contribution in [3.8, 4) is 0 Å². The molecule has 7 nitrogen and oxygen atoms in total. The molecule has 1 aromatic rings. The lowest BCUT2D eigenvalue weighted by Gasteiger charge is -2.26. The largest absolute Gasteiger partial charge is 0.352 e. The topological polar surface area (TPSA) is 113 Å². The van der Waals surface area contributed by atoms with E-state index in [-0.39, 0.29) is 29.8 Å². The van der Waals surface area contributed by atoms with Crippen molar-refractivity contribution in [2.45, 2.75) is 58.9 Å². The summed E-state index contributed by atoms with van der Waals surface area (Å²) < 4.78 is 0. The summed E-state index contributed by atoms with van der Waals surface area (Å²) in [6.45, 7) is 12.9. The van der Waals surface area contributed by atoms with Crippen molar-refractivity contribution >= 4 is 17.8 Å². The van der Waals surface area contributed by atoms with E-state index < -0.39 is 11.9 Å². The Kier molecular flexibility index (Phi) is 7.39. The predicted octanol–water partition coefficient (Wildman–Crippen LogP) is 1.68. The standard InChI is InChI=1S/C20H32N4O3/c1-19(2,3)14-7-13(8-15(9-14)20(4,5)6)10-22-16(25)11-23-17(26)12-24-18(21)27/h7-9H,10-12H2,1-6H3,(H,22,25)(H,23,26)(H3,21,24,27). The highest BCUT2D eigenvalue weighted by Gasteiger charge is 2.20. The summed E-state index contributed by atoms with van der Waals surface area (Å²) in [5.74, 6) is -0.783. The van der Waals surface area contributed by atoms with E-state index in [4.69, 9.17) is 5.73 Å². The second-order valence-electron chi connectivity index (χ2n) is 8.69. The molecule has 0 fully saturated rings. The first-order chi connectivity index (χ1) is 12.3. The second-order valence-corrected chi connectivity index (χ2v) is 8.69. The van der Waals surface area contributed by atoms with Gasteiger partial charge in [0.15, 0.2) is 0 Å². The zero-order valence-corrected chi connectivity index (χ0v) is 17.2. The lowest BCUT2D eigenvalue weighted by atomic mass is 9.79. The third-order valence-electron chi connectivity index (χ3n) is 4.08. The van der Waals surface area contributed by atoms with E-state index in [1.165, 1.54) is 11.1 Å². The van der Waals surface area contributed by atoms with Crippen LogP contribution in [-0.2, 0) is 27.0 Å². The van der Waals surface area contributed by atoms with Crippen LogP contribution in [0, 0.1) is 0 Å². The van der Waals surface area contributed by atoms with Crippen molar-refractivity contribution in [2.24, 2.45) is 5.73 Å². The Morgan fingerprint density at radius 3 is 1.67 bits per heavy atom. The number of carbonyl (C=O) groups is 3. The molecule has 7 heteroatoms. The molecule has 0 spiro atoms. The Hall–Kier alpha value is -2.57. The van der Waals surface area contributed by atoms with Crippen LogP contribution in [-0.4, -0.2) is 30.9 Å². The predicted molar refractivity (Wildman–Crippen MR) is 106 cm³/mol. The first-order valence-electron chi connectivity index (χ1n) is 9.00. The molecule has 150 valence electrons. The molecule has 27 heavy (non-hydrogen) atoms. The van der Waals surface area contributed by atoms with Crippen molar-refractivity contribution in [1.29, 1.82) is 0 Å². The van der Waals surface area contributed by atoms with Gasteiger partial charge in [-0.1, -0.05) is 59.7 Å². The van der Waals surface area contributed by atoms with Gasteiger partial charge in [-0.3, -0.25) is 9.59 Å². The van der Waals surface area contributed by atoms with Gasteiger partial charge in [0.2, 0.25) is 11.8 Å². The van der Waals surface area contributed by atoms with E-state index in [1.54, 1.807) is 0 Å². The third kappa shape index (κ3) is 8.11. The molecular weight excluding hydrogens is 344 g/mol. The van der Waals surface area contributed by atoms with E-state index in [0.29, 0.717) is 6.54 Å². The molecule has 0 bridgehead atoms. The number of amides is 4. The maximum absolute atomic E-state index is 12.0. The van der Waals surface area contributed by atoms with Gasteiger partial charge in [-0.2, -0.15) is 0 Å². The van der Waals surface area contributed by atoms with Gasteiger partial charge < -0.3 is 21.7 Å². The smallest absolute Gasteiger partial charge is 0.312 e. The minimum Gasteiger partial charge on any atom is -0.352 e. The molecule has 0 aliphatic heterocycles. The zero-order valence-electron chi connectivity index (χ0n) is 17.2. The van der Waals surface area contributed by atoms with Crippen LogP contribution in [0.2, 0.25) is 0 Å². The SMILES string of the molecule is CC(C)(C)c1cc(CNC(=O)CNC(=O)CNC(N)=O)cc(C(C)(C)C)c1. The van der Waals surface area contributed by atoms with Crippen LogP contribution < -0.4 is 21.7 Å². The maximum atomic E-state index is 12.0. The monoisotopic (exact) mass is 376 g/mol. The van der Waals surface area contributed by atoms with Gasteiger partial charge in [0.25, 0.3) is 0 Å². The van der Waals surface area contributed by atoms with Crippen LogP contribution in [0.25, 0.3) is 0 Å². The number of nitrogens with two attached hydrogens (primary N) is 1. The van der Waals surface area contributed by atoms with Crippen LogP contribution in [0.3, 0.4) is 0 Å². The lowest BCUT2D eigenvalue weighted by Crippen LogP contribution is -2.43. The number of urea groups is 1. The molecule has 0 aliphatic rings. The van der Waals surface area contributed by atoms with Gasteiger partial charge in [-0.05, 0) is 27.5 Å². The summed E-state index contributed by atoms with van der Waals surface area (Å²) in [7, 11) is 0. The number of carbonyl (C=O) groups excluding carboxylic acids is 3. The summed E-state index contributed by atoms with van der Waals surface area (Å²) in [6, 6.07) is 5.63. The highest BCUT2D eigenvalue weighted by Crippen LogP contribution is 2.30. The molecule has 4 amide bonds. The Morgan fingerprint density at radius 1 is 0.778 bits per heavy atom. The van der Waals surface area contributed by atoms with Crippen molar-refractivity contribution in [2.75, 3.05) is 13.1 Å². The fourth-order valence-corrected chi connectivity index (χ4v) is 2.33. The minimum absolute atomic E-state index is 0.00141. The molecule has 1 rings (SSSR count). The third-order valence-corrected chi connectivity index (χ3v) is 4.08. The minimum atomic E-state index is -0.789. The number of benzene rings is 1. The molecular formula is C20H32N4O3. The van der Waals surface area contributed by atoms with Crippen molar-refractivity contribution in [3.63, 3.8) is 0 Å². The van der Waals surface area contributed by atoms with E-state index in [1.807, 2.05) is 0 Å². The quantitative estimate of drug-likeness (QED) is 0.606. The summed E-state index contributed by atoms with van der Waals surface area (Å²) in [4.78, 5) is 34.0. The highest BCUT2D eigenvalue weighted by molar-refractivity contribution is 5.87. The van der Waals surface area contributed by atoms with E-state index in [0.717, 1.165) is 5.56 Å². The van der Waals surface area contributed by atoms with Gasteiger partial charge in [0.1, 0.15) is 0 Å². The first kappa shape index (κ1) is 22.5. The lowest BCUT2D eigenvalue weighted by molar-refractivity contribution is -0.125. The van der Waals surface area contributed by atoms with Gasteiger partial charge in [0, 0.05) is 6.54 Å². The van der Waals surface area contributed by atoms with Crippen LogP contribution in [0.4, 0.5) is 4.79 Å². The maximum Gasteiger partial charge on any atom is 0.312 e.